The number of benzene rings is 2. The molecular weight excluding hydrogens is 418 g/mol. The summed E-state index contributed by atoms with van der Waals surface area (Å²) in [6, 6.07) is 9.08. The van der Waals surface area contributed by atoms with Crippen LogP contribution in [-0.4, -0.2) is 37.9 Å². The van der Waals surface area contributed by atoms with Gasteiger partial charge in [0, 0.05) is 17.0 Å². The first-order chi connectivity index (χ1) is 13.5. The van der Waals surface area contributed by atoms with Crippen LogP contribution in [0.15, 0.2) is 53.4 Å². The molecule has 0 aliphatic carbocycles. The van der Waals surface area contributed by atoms with E-state index < -0.39 is 34.1 Å². The number of amides is 1. The highest BCUT2D eigenvalue weighted by atomic mass is 32.2. The maximum Gasteiger partial charge on any atom is 0.264 e. The first-order valence-corrected chi connectivity index (χ1v) is 11.4. The number of thioether (sulfide) groups is 1. The summed E-state index contributed by atoms with van der Waals surface area (Å²) >= 11 is 1.67. The van der Waals surface area contributed by atoms with E-state index in [0.717, 1.165) is 40.7 Å². The molecule has 0 aromatic heterocycles. The van der Waals surface area contributed by atoms with Gasteiger partial charge < -0.3 is 5.32 Å². The lowest BCUT2D eigenvalue weighted by atomic mass is 10.3. The van der Waals surface area contributed by atoms with Crippen molar-refractivity contribution in [1.82, 2.24) is 5.32 Å². The lowest BCUT2D eigenvalue weighted by Gasteiger charge is -2.24. The number of carbonyl (C=O) groups excluding carboxylic acids is 1. The van der Waals surface area contributed by atoms with E-state index in [1.807, 2.05) is 0 Å². The van der Waals surface area contributed by atoms with E-state index in [0.29, 0.717) is 12.3 Å². The van der Waals surface area contributed by atoms with Gasteiger partial charge in [-0.2, -0.15) is 11.8 Å². The van der Waals surface area contributed by atoms with Gasteiger partial charge in [0.1, 0.15) is 18.2 Å². The molecule has 9 heteroatoms. The molecule has 0 atom stereocenters. The third-order valence-electron chi connectivity index (χ3n) is 3.76. The Morgan fingerprint density at radius 2 is 1.52 bits per heavy atom. The van der Waals surface area contributed by atoms with E-state index in [4.69, 9.17) is 0 Å². The number of anilines is 1. The molecule has 0 saturated heterocycles. The van der Waals surface area contributed by atoms with Crippen molar-refractivity contribution in [1.29, 1.82) is 0 Å². The minimum absolute atomic E-state index is 0.0524. The molecule has 0 fully saturated rings. The lowest BCUT2D eigenvalue weighted by molar-refractivity contribution is -0.119. The monoisotopic (exact) mass is 442 g/mol. The summed E-state index contributed by atoms with van der Waals surface area (Å²) in [5.41, 5.74) is 0.134. The largest absolute Gasteiger partial charge is 0.354 e. The van der Waals surface area contributed by atoms with Gasteiger partial charge in [-0.3, -0.25) is 9.10 Å². The summed E-state index contributed by atoms with van der Waals surface area (Å²) in [6.07, 6.45) is 0. The van der Waals surface area contributed by atoms with E-state index in [1.165, 1.54) is 12.1 Å². The molecule has 2 aromatic carbocycles. The Morgan fingerprint density at radius 3 is 2.03 bits per heavy atom. The molecule has 0 heterocycles. The average molecular weight is 443 g/mol. The normalized spacial score (nSPS) is 11.9. The standard InChI is InChI=1S/C20H24F2N2O3S2/c1-20(2,3)28-13-12-23-19(25)14-24(17-8-4-15(21)5-9-17)29(26,27)18-10-6-16(22)7-11-18/h4-11H,12-14H2,1-3H3,(H,23,25). The first-order valence-electron chi connectivity index (χ1n) is 8.93. The van der Waals surface area contributed by atoms with Crippen LogP contribution in [0.25, 0.3) is 0 Å². The van der Waals surface area contributed by atoms with Gasteiger partial charge in [0.2, 0.25) is 5.91 Å². The van der Waals surface area contributed by atoms with Crippen LogP contribution in [0.3, 0.4) is 0 Å². The third kappa shape index (κ3) is 7.01. The summed E-state index contributed by atoms with van der Waals surface area (Å²) in [5, 5.41) is 2.70. The Kier molecular flexibility index (Phi) is 7.65. The molecule has 1 amide bonds. The van der Waals surface area contributed by atoms with Gasteiger partial charge in [-0.15, -0.1) is 0 Å². The van der Waals surface area contributed by atoms with Crippen molar-refractivity contribution in [2.45, 2.75) is 30.4 Å². The third-order valence-corrected chi connectivity index (χ3v) is 6.83. The number of rotatable bonds is 8. The molecule has 29 heavy (non-hydrogen) atoms. The van der Waals surface area contributed by atoms with Crippen molar-refractivity contribution in [3.8, 4) is 0 Å². The summed E-state index contributed by atoms with van der Waals surface area (Å²) in [7, 11) is -4.15. The molecule has 0 bridgehead atoms. The molecule has 0 unspecified atom stereocenters. The topological polar surface area (TPSA) is 66.5 Å². The van der Waals surface area contributed by atoms with Crippen molar-refractivity contribution in [3.63, 3.8) is 0 Å². The summed E-state index contributed by atoms with van der Waals surface area (Å²) in [5.74, 6) is -0.923. The van der Waals surface area contributed by atoms with Gasteiger partial charge >= 0.3 is 0 Å². The Labute approximate surface area is 174 Å². The van der Waals surface area contributed by atoms with Gasteiger partial charge in [-0.25, -0.2) is 17.2 Å². The Hall–Kier alpha value is -2.13. The Bertz CT molecular complexity index is 926. The minimum atomic E-state index is -4.15. The fraction of sp³-hybridized carbons (Fsp3) is 0.350. The van der Waals surface area contributed by atoms with Crippen LogP contribution in [0, 0.1) is 11.6 Å². The van der Waals surface area contributed by atoms with Crippen molar-refractivity contribution in [2.75, 3.05) is 23.1 Å². The predicted molar refractivity (Wildman–Crippen MR) is 113 cm³/mol. The zero-order valence-corrected chi connectivity index (χ0v) is 18.1. The molecule has 0 saturated carbocycles. The van der Waals surface area contributed by atoms with Crippen molar-refractivity contribution in [2.24, 2.45) is 0 Å². The average Bonchev–Trinajstić information content (AvgIpc) is 2.64. The second-order valence-electron chi connectivity index (χ2n) is 7.25. The van der Waals surface area contributed by atoms with Crippen molar-refractivity contribution < 1.29 is 22.0 Å². The summed E-state index contributed by atoms with van der Waals surface area (Å²) in [6.45, 7) is 6.08. The molecule has 1 N–H and O–H groups in total. The smallest absolute Gasteiger partial charge is 0.264 e. The van der Waals surface area contributed by atoms with E-state index in [2.05, 4.69) is 26.1 Å². The molecule has 0 aliphatic rings. The number of nitrogens with one attached hydrogen (secondary N) is 1. The van der Waals surface area contributed by atoms with Gasteiger partial charge in [-0.1, -0.05) is 20.8 Å². The molecule has 0 spiro atoms. The molecule has 158 valence electrons. The van der Waals surface area contributed by atoms with Crippen LogP contribution in [0.1, 0.15) is 20.8 Å². The summed E-state index contributed by atoms with van der Waals surface area (Å²) < 4.78 is 53.5. The zero-order valence-electron chi connectivity index (χ0n) is 16.5. The molecule has 5 nitrogen and oxygen atoms in total. The fourth-order valence-electron chi connectivity index (χ4n) is 2.39. The number of nitrogens with zero attached hydrogens (tertiary/aromatic N) is 1. The van der Waals surface area contributed by atoms with Crippen LogP contribution in [0.4, 0.5) is 14.5 Å². The molecular formula is C20H24F2N2O3S2. The van der Waals surface area contributed by atoms with E-state index in [1.54, 1.807) is 11.8 Å². The second kappa shape index (κ2) is 9.58. The van der Waals surface area contributed by atoms with E-state index in [-0.39, 0.29) is 15.3 Å². The highest BCUT2D eigenvalue weighted by Crippen LogP contribution is 2.24. The number of halogens is 2. The number of hydrogen-bond donors (Lipinski definition) is 1. The van der Waals surface area contributed by atoms with Crippen molar-refractivity contribution >= 4 is 33.4 Å². The maximum atomic E-state index is 13.3. The maximum absolute atomic E-state index is 13.3. The van der Waals surface area contributed by atoms with Crippen LogP contribution in [0.5, 0.6) is 0 Å². The van der Waals surface area contributed by atoms with Crippen LogP contribution >= 0.6 is 11.8 Å². The van der Waals surface area contributed by atoms with Crippen LogP contribution in [-0.2, 0) is 14.8 Å². The quantitative estimate of drug-likeness (QED) is 0.632. The SMILES string of the molecule is CC(C)(C)SCCNC(=O)CN(c1ccc(F)cc1)S(=O)(=O)c1ccc(F)cc1. The van der Waals surface area contributed by atoms with Crippen molar-refractivity contribution in [3.05, 3.63) is 60.2 Å². The highest BCUT2D eigenvalue weighted by Gasteiger charge is 2.27. The first kappa shape index (κ1) is 23.2. The second-order valence-corrected chi connectivity index (χ2v) is 11.0. The van der Waals surface area contributed by atoms with Gasteiger partial charge in [0.25, 0.3) is 10.0 Å². The van der Waals surface area contributed by atoms with Gasteiger partial charge in [0.05, 0.1) is 10.6 Å². The molecule has 2 aromatic rings. The van der Waals surface area contributed by atoms with Gasteiger partial charge in [-0.05, 0) is 48.5 Å². The zero-order chi connectivity index (χ0) is 21.7. The number of sulfonamides is 1. The van der Waals surface area contributed by atoms with Crippen LogP contribution in [0.2, 0.25) is 0 Å². The van der Waals surface area contributed by atoms with E-state index in [9.17, 15) is 22.0 Å². The molecule has 0 aliphatic heterocycles. The highest BCUT2D eigenvalue weighted by molar-refractivity contribution is 8.00. The van der Waals surface area contributed by atoms with Crippen LogP contribution < -0.4 is 9.62 Å². The number of carbonyl (C=O) groups is 1. The summed E-state index contributed by atoms with van der Waals surface area (Å²) in [4.78, 5) is 12.2. The fourth-order valence-corrected chi connectivity index (χ4v) is 4.63. The Morgan fingerprint density at radius 1 is 1.00 bits per heavy atom. The lowest BCUT2D eigenvalue weighted by Crippen LogP contribution is -2.41. The number of hydrogen-bond acceptors (Lipinski definition) is 4. The van der Waals surface area contributed by atoms with Gasteiger partial charge in [0.15, 0.2) is 0 Å². The Balaban J connectivity index is 2.21. The predicted octanol–water partition coefficient (Wildman–Crippen LogP) is 3.81. The molecule has 2 rings (SSSR count). The van der Waals surface area contributed by atoms with E-state index >= 15 is 0 Å². The molecule has 0 radical (unpaired) electrons. The minimum Gasteiger partial charge on any atom is -0.354 e.